The number of nitrogens with two attached hydrogens (primary N) is 1. The first-order valence-corrected chi connectivity index (χ1v) is 15.7. The molecule has 1 saturated heterocycles. The lowest BCUT2D eigenvalue weighted by Gasteiger charge is -2.30. The van der Waals surface area contributed by atoms with Crippen LogP contribution in [0.15, 0.2) is 88.9 Å². The number of ether oxygens (including phenoxy) is 3. The molecule has 48 heavy (non-hydrogen) atoms. The molecule has 0 bridgehead atoms. The predicted molar refractivity (Wildman–Crippen MR) is 167 cm³/mol. The van der Waals surface area contributed by atoms with Gasteiger partial charge in [0.1, 0.15) is 31.2 Å². The zero-order valence-electron chi connectivity index (χ0n) is 25.1. The second-order valence-corrected chi connectivity index (χ2v) is 12.0. The van der Waals surface area contributed by atoms with E-state index < -0.39 is 56.2 Å². The maximum Gasteiger partial charge on any atom is 0.436 e. The Labute approximate surface area is 271 Å². The number of fused-ring (bicyclic) bond motifs is 1. The quantitative estimate of drug-likeness (QED) is 0.0358. The number of carbonyl (C=O) groups excluding carboxylic acids is 1. The lowest BCUT2D eigenvalue weighted by Crippen LogP contribution is -2.46. The summed E-state index contributed by atoms with van der Waals surface area (Å²) < 4.78 is 30.4. The van der Waals surface area contributed by atoms with Crippen molar-refractivity contribution in [1.29, 1.82) is 0 Å². The van der Waals surface area contributed by atoms with Crippen LogP contribution in [-0.2, 0) is 25.4 Å². The Morgan fingerprint density at radius 2 is 1.88 bits per heavy atom. The summed E-state index contributed by atoms with van der Waals surface area (Å²) in [7, 11) is -5.33. The fraction of sp³-hybridized carbons (Fsp3) is 0.276. The highest BCUT2D eigenvalue weighted by molar-refractivity contribution is 7.49. The van der Waals surface area contributed by atoms with Crippen LogP contribution in [0.4, 0.5) is 5.82 Å². The Hall–Kier alpha value is -5.03. The second kappa shape index (κ2) is 14.0. The Morgan fingerprint density at radius 1 is 1.17 bits per heavy atom. The van der Waals surface area contributed by atoms with Crippen molar-refractivity contribution >= 4 is 30.3 Å². The molecule has 19 heteroatoms. The summed E-state index contributed by atoms with van der Waals surface area (Å²) in [6.07, 6.45) is -4.19. The number of hydrogen-bond acceptors (Lipinski definition) is 12. The number of aliphatic hydroxyl groups is 2. The van der Waals surface area contributed by atoms with E-state index in [9.17, 15) is 39.7 Å². The van der Waals surface area contributed by atoms with E-state index in [-0.39, 0.29) is 34.1 Å². The van der Waals surface area contributed by atoms with Gasteiger partial charge in [-0.25, -0.2) is 9.36 Å². The van der Waals surface area contributed by atoms with Gasteiger partial charge >= 0.3 is 19.4 Å². The van der Waals surface area contributed by atoms with Gasteiger partial charge in [0, 0.05) is 16.5 Å². The molecule has 1 aliphatic rings. The molecule has 0 spiro atoms. The van der Waals surface area contributed by atoms with Crippen molar-refractivity contribution in [2.45, 2.75) is 43.7 Å². The van der Waals surface area contributed by atoms with Crippen LogP contribution >= 0.6 is 7.75 Å². The minimum Gasteiger partial charge on any atom is -0.486 e. The molecule has 0 saturated carbocycles. The lowest BCUT2D eigenvalue weighted by atomic mass is 10.1. The molecule has 1 fully saturated rings. The second-order valence-electron chi connectivity index (χ2n) is 10.6. The van der Waals surface area contributed by atoms with Crippen molar-refractivity contribution in [3.63, 3.8) is 0 Å². The van der Waals surface area contributed by atoms with Gasteiger partial charge in [-0.2, -0.15) is 4.98 Å². The van der Waals surface area contributed by atoms with E-state index >= 15 is 0 Å². The third kappa shape index (κ3) is 7.11. The molecule has 18 nitrogen and oxygen atoms in total. The van der Waals surface area contributed by atoms with Crippen LogP contribution in [-0.4, -0.2) is 70.9 Å². The fourth-order valence-electron chi connectivity index (χ4n) is 4.92. The lowest BCUT2D eigenvalue weighted by molar-refractivity contribution is -0.157. The molecule has 2 heterocycles. The van der Waals surface area contributed by atoms with Crippen LogP contribution < -0.4 is 21.0 Å². The van der Waals surface area contributed by atoms with Crippen molar-refractivity contribution < 1.29 is 48.4 Å². The maximum absolute atomic E-state index is 12.9. The molecule has 5 atom stereocenters. The summed E-state index contributed by atoms with van der Waals surface area (Å²) in [5.74, 6) is -1.61. The van der Waals surface area contributed by atoms with Crippen LogP contribution in [0.1, 0.15) is 18.7 Å². The molecule has 1 aliphatic heterocycles. The Balaban J connectivity index is 1.46. The van der Waals surface area contributed by atoms with Crippen molar-refractivity contribution in [3.8, 4) is 11.5 Å². The van der Waals surface area contributed by atoms with Gasteiger partial charge in [0.25, 0.3) is 0 Å². The first kappa shape index (κ1) is 34.3. The van der Waals surface area contributed by atoms with E-state index in [1.54, 1.807) is 60.7 Å². The number of rotatable bonds is 12. The zero-order chi connectivity index (χ0) is 34.6. The molecule has 0 radical (unpaired) electrons. The van der Waals surface area contributed by atoms with Crippen LogP contribution in [0, 0.1) is 0 Å². The van der Waals surface area contributed by atoms with Crippen molar-refractivity contribution in [3.05, 3.63) is 105 Å². The van der Waals surface area contributed by atoms with Crippen molar-refractivity contribution in [2.75, 3.05) is 12.3 Å². The van der Waals surface area contributed by atoms with E-state index in [1.807, 2.05) is 0 Å². The third-order valence-corrected chi connectivity index (χ3v) is 8.30. The standard InChI is InChI=1S/C29H30N7O11P/c1-17(27(39)44-15-18-7-3-2-4-8-18)36(48(41,42)43)47-24-20-10-6-5-9-19(20)11-12-21(24)45-16-29(33-34-31)25(38)23(37)26(46-29)35-14-13-22(30)32-28(35)40/h2-14,17,23,25-26,37-38H,15-16H2,1H3,(H2,30,32,40)(H2,41,42,43)/t17-,23+,25-,26+,29+/m0/s1. The van der Waals surface area contributed by atoms with Crippen LogP contribution in [0.3, 0.4) is 0 Å². The van der Waals surface area contributed by atoms with Gasteiger partial charge < -0.3 is 44.8 Å². The highest BCUT2D eigenvalue weighted by atomic mass is 31.2. The SMILES string of the molecule is C[C@@H](C(=O)OCc1ccccc1)N(Oc1c(OC[C@@]2(N=[N+]=[N-])O[C@@H](n3ccc(N)nc3=O)[C@H](O)[C@@H]2O)ccc2ccccc12)P(=O)(O)O. The average molecular weight is 684 g/mol. The number of hydrogen-bond donors (Lipinski definition) is 5. The van der Waals surface area contributed by atoms with Crippen molar-refractivity contribution in [1.82, 2.24) is 14.4 Å². The number of hydroxylamine groups is 1. The average Bonchev–Trinajstić information content (AvgIpc) is 3.30. The van der Waals surface area contributed by atoms with E-state index in [0.29, 0.717) is 10.9 Å². The zero-order valence-corrected chi connectivity index (χ0v) is 26.0. The minimum atomic E-state index is -5.33. The first-order chi connectivity index (χ1) is 22.8. The number of nitrogens with zero attached hydrogens (tertiary/aromatic N) is 6. The fourth-order valence-corrected chi connectivity index (χ4v) is 5.66. The summed E-state index contributed by atoms with van der Waals surface area (Å²) >= 11 is 0. The topological polar surface area (TPSA) is 265 Å². The van der Waals surface area contributed by atoms with Gasteiger partial charge in [0.05, 0.1) is 0 Å². The van der Waals surface area contributed by atoms with Gasteiger partial charge in [-0.15, -0.1) is 0 Å². The number of benzene rings is 3. The van der Waals surface area contributed by atoms with Gasteiger partial charge in [0.2, 0.25) is 5.72 Å². The number of carbonyl (C=O) groups is 1. The minimum absolute atomic E-state index is 0.110. The Morgan fingerprint density at radius 3 is 2.56 bits per heavy atom. The summed E-state index contributed by atoms with van der Waals surface area (Å²) in [6, 6.07) is 17.7. The molecule has 4 aromatic rings. The molecule has 3 aromatic carbocycles. The summed E-state index contributed by atoms with van der Waals surface area (Å²) in [5.41, 5.74) is 12.3. The van der Waals surface area contributed by atoms with E-state index in [1.165, 1.54) is 19.1 Å². The highest BCUT2D eigenvalue weighted by Crippen LogP contribution is 2.47. The molecule has 0 aliphatic carbocycles. The number of aromatic nitrogens is 2. The predicted octanol–water partition coefficient (Wildman–Crippen LogP) is 2.14. The number of esters is 1. The molecule has 6 N–H and O–H groups in total. The number of azide groups is 1. The summed E-state index contributed by atoms with van der Waals surface area (Å²) in [5, 5.41) is 26.1. The number of nitrogen functional groups attached to an aromatic ring is 1. The number of aliphatic hydroxyl groups excluding tert-OH is 2. The Kier molecular flexibility index (Phi) is 10.00. The van der Waals surface area contributed by atoms with Gasteiger partial charge in [-0.3, -0.25) is 9.36 Å². The molecule has 5 rings (SSSR count). The third-order valence-electron chi connectivity index (χ3n) is 7.36. The molecular weight excluding hydrogens is 653 g/mol. The largest absolute Gasteiger partial charge is 0.486 e. The van der Waals surface area contributed by atoms with Gasteiger partial charge in [-0.05, 0) is 40.4 Å². The molecule has 0 unspecified atom stereocenters. The molecular formula is C29H30N7O11P. The van der Waals surface area contributed by atoms with Crippen LogP contribution in [0.5, 0.6) is 11.5 Å². The smallest absolute Gasteiger partial charge is 0.436 e. The van der Waals surface area contributed by atoms with E-state index in [2.05, 4.69) is 15.0 Å². The van der Waals surface area contributed by atoms with Crippen LogP contribution in [0.25, 0.3) is 21.2 Å². The molecule has 1 aromatic heterocycles. The summed E-state index contributed by atoms with van der Waals surface area (Å²) in [4.78, 5) is 58.1. The highest BCUT2D eigenvalue weighted by Gasteiger charge is 2.56. The normalized spacial score (nSPS) is 21.4. The first-order valence-electron chi connectivity index (χ1n) is 14.2. The molecule has 0 amide bonds. The maximum atomic E-state index is 12.9. The van der Waals surface area contributed by atoms with Gasteiger partial charge in [0.15, 0.2) is 23.8 Å². The molecule has 252 valence electrons. The summed E-state index contributed by atoms with van der Waals surface area (Å²) in [6.45, 7) is 0.200. The number of anilines is 1. The van der Waals surface area contributed by atoms with Gasteiger partial charge in [-0.1, -0.05) is 65.8 Å². The van der Waals surface area contributed by atoms with E-state index in [4.69, 9.17) is 24.8 Å². The van der Waals surface area contributed by atoms with Crippen molar-refractivity contribution in [2.24, 2.45) is 5.11 Å². The monoisotopic (exact) mass is 683 g/mol. The van der Waals surface area contributed by atoms with Crippen LogP contribution in [0.2, 0.25) is 0 Å². The Bertz CT molecular complexity index is 1950. The van der Waals surface area contributed by atoms with E-state index in [0.717, 1.165) is 10.8 Å².